The summed E-state index contributed by atoms with van der Waals surface area (Å²) in [4.78, 5) is 21.7. The first-order valence-electron chi connectivity index (χ1n) is 12.3. The average molecular weight is 477 g/mol. The zero-order valence-corrected chi connectivity index (χ0v) is 21.7. The number of ether oxygens (including phenoxy) is 1. The molecule has 2 aromatic heterocycles. The van der Waals surface area contributed by atoms with Crippen molar-refractivity contribution >= 4 is 28.6 Å². The van der Waals surface area contributed by atoms with Gasteiger partial charge in [0.05, 0.1) is 22.8 Å². The molecule has 1 saturated heterocycles. The maximum Gasteiger partial charge on any atom is 0.407 e. The molecule has 1 fully saturated rings. The summed E-state index contributed by atoms with van der Waals surface area (Å²) in [6, 6.07) is 10.5. The third kappa shape index (κ3) is 4.92. The molecule has 1 aliphatic rings. The molecule has 1 amide bonds. The fourth-order valence-electron chi connectivity index (χ4n) is 5.07. The zero-order valence-electron chi connectivity index (χ0n) is 21.7. The van der Waals surface area contributed by atoms with Crippen molar-refractivity contribution in [3.05, 3.63) is 41.0 Å². The summed E-state index contributed by atoms with van der Waals surface area (Å²) in [7, 11) is 4.24. The molecule has 0 aliphatic carbocycles. The number of nitrogens with one attached hydrogen (secondary N) is 1. The van der Waals surface area contributed by atoms with Crippen LogP contribution >= 0.6 is 0 Å². The molecule has 35 heavy (non-hydrogen) atoms. The second-order valence-corrected chi connectivity index (χ2v) is 10.5. The van der Waals surface area contributed by atoms with Crippen LogP contribution < -0.4 is 10.2 Å². The van der Waals surface area contributed by atoms with E-state index in [2.05, 4.69) is 45.7 Å². The van der Waals surface area contributed by atoms with Gasteiger partial charge < -0.3 is 15.0 Å². The van der Waals surface area contributed by atoms with Crippen molar-refractivity contribution in [3.8, 4) is 6.07 Å². The molecule has 1 N–H and O–H groups in total. The minimum absolute atomic E-state index is 0.269. The van der Waals surface area contributed by atoms with E-state index in [1.807, 2.05) is 45.9 Å². The molecule has 0 radical (unpaired) electrons. The van der Waals surface area contributed by atoms with Crippen molar-refractivity contribution in [1.82, 2.24) is 19.6 Å². The monoisotopic (exact) mass is 476 g/mol. The number of aromatic nitrogens is 2. The molecule has 0 spiro atoms. The first-order chi connectivity index (χ1) is 16.6. The molecule has 1 aromatic carbocycles. The lowest BCUT2D eigenvalue weighted by molar-refractivity contribution is 0.0527. The van der Waals surface area contributed by atoms with Gasteiger partial charge in [-0.3, -0.25) is 9.30 Å². The number of alkyl carbamates (subject to hydrolysis) is 1. The number of pyridine rings is 1. The standard InChI is InChI=1S/C27H36N6O2/c1-18-19(11-9-15-29-26(34)35-27(2,3)4)25(32-16-10-14-23(32)31(5)6)33-22-13-8-7-12-21(22)30-24(33)20(18)17-28/h7-8,12-13,23H,9-11,14-16H2,1-6H3,(H,29,34). The highest BCUT2D eigenvalue weighted by atomic mass is 16.6. The molecule has 1 unspecified atom stereocenters. The minimum atomic E-state index is -0.528. The van der Waals surface area contributed by atoms with E-state index in [0.29, 0.717) is 17.8 Å². The van der Waals surface area contributed by atoms with E-state index in [-0.39, 0.29) is 6.17 Å². The van der Waals surface area contributed by atoms with Crippen molar-refractivity contribution in [2.45, 2.75) is 65.1 Å². The van der Waals surface area contributed by atoms with Crippen LogP contribution in [0.2, 0.25) is 0 Å². The highest BCUT2D eigenvalue weighted by Crippen LogP contribution is 2.37. The van der Waals surface area contributed by atoms with Gasteiger partial charge in [-0.25, -0.2) is 9.78 Å². The van der Waals surface area contributed by atoms with Gasteiger partial charge in [-0.05, 0) is 90.7 Å². The molecule has 3 heterocycles. The van der Waals surface area contributed by atoms with E-state index in [1.165, 1.54) is 0 Å². The third-order valence-corrected chi connectivity index (χ3v) is 6.57. The third-order valence-electron chi connectivity index (χ3n) is 6.57. The molecule has 1 atom stereocenters. The number of hydrogen-bond donors (Lipinski definition) is 1. The van der Waals surface area contributed by atoms with Crippen molar-refractivity contribution in [2.24, 2.45) is 0 Å². The average Bonchev–Trinajstić information content (AvgIpc) is 3.41. The summed E-state index contributed by atoms with van der Waals surface area (Å²) in [5, 5.41) is 13.0. The van der Waals surface area contributed by atoms with Crippen LogP contribution in [0.4, 0.5) is 10.6 Å². The van der Waals surface area contributed by atoms with Gasteiger partial charge in [-0.15, -0.1) is 0 Å². The van der Waals surface area contributed by atoms with Crippen LogP contribution in [0.15, 0.2) is 24.3 Å². The van der Waals surface area contributed by atoms with Gasteiger partial charge in [0, 0.05) is 13.1 Å². The Morgan fingerprint density at radius 3 is 2.74 bits per heavy atom. The molecule has 8 nitrogen and oxygen atoms in total. The second-order valence-electron chi connectivity index (χ2n) is 10.5. The number of hydrogen-bond acceptors (Lipinski definition) is 6. The summed E-state index contributed by atoms with van der Waals surface area (Å²) in [6.07, 6.45) is 3.51. The van der Waals surface area contributed by atoms with Gasteiger partial charge in [0.1, 0.15) is 17.5 Å². The van der Waals surface area contributed by atoms with Gasteiger partial charge in [-0.1, -0.05) is 12.1 Å². The lowest BCUT2D eigenvalue weighted by atomic mass is 9.99. The molecule has 8 heteroatoms. The Bertz CT molecular complexity index is 1280. The Labute approximate surface area is 207 Å². The van der Waals surface area contributed by atoms with Crippen LogP contribution in [0.5, 0.6) is 0 Å². The van der Waals surface area contributed by atoms with Crippen LogP contribution in [-0.4, -0.2) is 59.3 Å². The molecule has 3 aromatic rings. The van der Waals surface area contributed by atoms with E-state index >= 15 is 0 Å². The van der Waals surface area contributed by atoms with Crippen LogP contribution in [-0.2, 0) is 11.2 Å². The molecule has 0 bridgehead atoms. The summed E-state index contributed by atoms with van der Waals surface area (Å²) in [5.41, 5.74) is 4.78. The highest BCUT2D eigenvalue weighted by Gasteiger charge is 2.32. The fraction of sp³-hybridized carbons (Fsp3) is 0.519. The predicted octanol–water partition coefficient (Wildman–Crippen LogP) is 4.61. The molecule has 186 valence electrons. The predicted molar refractivity (Wildman–Crippen MR) is 139 cm³/mol. The number of nitrogens with zero attached hydrogens (tertiary/aromatic N) is 5. The Morgan fingerprint density at radius 1 is 1.31 bits per heavy atom. The number of imidazole rings is 1. The molecule has 4 rings (SSSR count). The van der Waals surface area contributed by atoms with Crippen LogP contribution in [0.25, 0.3) is 16.7 Å². The Kier molecular flexibility index (Phi) is 6.91. The van der Waals surface area contributed by atoms with Gasteiger partial charge in [0.15, 0.2) is 5.65 Å². The van der Waals surface area contributed by atoms with Crippen LogP contribution in [0.3, 0.4) is 0 Å². The summed E-state index contributed by atoms with van der Waals surface area (Å²) >= 11 is 0. The normalized spacial score (nSPS) is 16.3. The van der Waals surface area contributed by atoms with E-state index in [9.17, 15) is 10.1 Å². The summed E-state index contributed by atoms with van der Waals surface area (Å²) in [5.74, 6) is 1.11. The first kappa shape index (κ1) is 24.8. The van der Waals surface area contributed by atoms with Crippen LogP contribution in [0.1, 0.15) is 56.7 Å². The number of anilines is 1. The van der Waals surface area contributed by atoms with Gasteiger partial charge in [0.2, 0.25) is 0 Å². The number of amides is 1. The number of rotatable bonds is 6. The number of nitriles is 1. The van der Waals surface area contributed by atoms with E-state index in [0.717, 1.165) is 60.2 Å². The zero-order chi connectivity index (χ0) is 25.3. The SMILES string of the molecule is Cc1c(CCCNC(=O)OC(C)(C)C)c(N2CCCC2N(C)C)n2c(nc3ccccc32)c1C#N. The lowest BCUT2D eigenvalue weighted by Gasteiger charge is -2.34. The Morgan fingerprint density at radius 2 is 2.06 bits per heavy atom. The molecule has 1 aliphatic heterocycles. The Balaban J connectivity index is 1.78. The van der Waals surface area contributed by atoms with Gasteiger partial charge in [0.25, 0.3) is 0 Å². The molecular weight excluding hydrogens is 440 g/mol. The number of carbonyl (C=O) groups excluding carboxylic acids is 1. The maximum atomic E-state index is 12.1. The lowest BCUT2D eigenvalue weighted by Crippen LogP contribution is -2.42. The highest BCUT2D eigenvalue weighted by molar-refractivity contribution is 5.86. The van der Waals surface area contributed by atoms with E-state index in [4.69, 9.17) is 9.72 Å². The van der Waals surface area contributed by atoms with E-state index in [1.54, 1.807) is 0 Å². The Hall–Kier alpha value is -3.31. The largest absolute Gasteiger partial charge is 0.444 e. The smallest absolute Gasteiger partial charge is 0.407 e. The molecular formula is C27H36N6O2. The number of fused-ring (bicyclic) bond motifs is 3. The van der Waals surface area contributed by atoms with Crippen molar-refractivity contribution in [2.75, 3.05) is 32.1 Å². The van der Waals surface area contributed by atoms with Crippen molar-refractivity contribution in [3.63, 3.8) is 0 Å². The van der Waals surface area contributed by atoms with Gasteiger partial charge >= 0.3 is 6.09 Å². The molecule has 0 saturated carbocycles. The number of benzene rings is 1. The summed E-state index contributed by atoms with van der Waals surface area (Å²) < 4.78 is 7.55. The van der Waals surface area contributed by atoms with Gasteiger partial charge in [-0.2, -0.15) is 5.26 Å². The number of carbonyl (C=O) groups is 1. The van der Waals surface area contributed by atoms with Crippen molar-refractivity contribution < 1.29 is 9.53 Å². The topological polar surface area (TPSA) is 85.9 Å². The fourth-order valence-corrected chi connectivity index (χ4v) is 5.07. The first-order valence-corrected chi connectivity index (χ1v) is 12.3. The van der Waals surface area contributed by atoms with E-state index < -0.39 is 11.7 Å². The number of para-hydroxylation sites is 2. The summed E-state index contributed by atoms with van der Waals surface area (Å²) in [6.45, 7) is 9.03. The second kappa shape index (κ2) is 9.74. The van der Waals surface area contributed by atoms with Crippen LogP contribution in [0, 0.1) is 18.3 Å². The minimum Gasteiger partial charge on any atom is -0.444 e. The van der Waals surface area contributed by atoms with Crippen molar-refractivity contribution in [1.29, 1.82) is 5.26 Å². The maximum absolute atomic E-state index is 12.1. The quantitative estimate of drug-likeness (QED) is 0.523.